The predicted molar refractivity (Wildman–Crippen MR) is 95.8 cm³/mol. The molecule has 0 spiro atoms. The van der Waals surface area contributed by atoms with Gasteiger partial charge in [-0.15, -0.1) is 0 Å². The molecule has 25 heavy (non-hydrogen) atoms. The summed E-state index contributed by atoms with van der Waals surface area (Å²) in [7, 11) is -3.50. The summed E-state index contributed by atoms with van der Waals surface area (Å²) in [6, 6.07) is 5.15. The zero-order valence-corrected chi connectivity index (χ0v) is 15.4. The summed E-state index contributed by atoms with van der Waals surface area (Å²) in [5, 5.41) is 2.77. The number of nitrogens with zero attached hydrogens (tertiary/aromatic N) is 3. The van der Waals surface area contributed by atoms with E-state index in [2.05, 4.69) is 10.4 Å². The summed E-state index contributed by atoms with van der Waals surface area (Å²) in [6.07, 6.45) is 4.50. The van der Waals surface area contributed by atoms with Gasteiger partial charge < -0.3 is 0 Å². The third-order valence-corrected chi connectivity index (χ3v) is 6.73. The van der Waals surface area contributed by atoms with Crippen molar-refractivity contribution in [2.24, 2.45) is 0 Å². The highest BCUT2D eigenvalue weighted by Crippen LogP contribution is 2.32. The maximum absolute atomic E-state index is 13.2. The van der Waals surface area contributed by atoms with Gasteiger partial charge in [0, 0.05) is 17.8 Å². The van der Waals surface area contributed by atoms with Gasteiger partial charge in [-0.25, -0.2) is 8.42 Å². The van der Waals surface area contributed by atoms with Gasteiger partial charge in [-0.05, 0) is 51.5 Å². The number of hydrogen-bond donors (Lipinski definition) is 1. The average Bonchev–Trinajstić information content (AvgIpc) is 2.90. The Hall–Kier alpha value is -2.35. The number of halogens is 1. The molecule has 0 bridgehead atoms. The summed E-state index contributed by atoms with van der Waals surface area (Å²) in [5.41, 5.74) is 5.08. The first-order chi connectivity index (χ1) is 11.6. The molecule has 2 aromatic rings. The second kappa shape index (κ2) is 5.87. The Kier molecular flexibility index (Phi) is 4.10. The summed E-state index contributed by atoms with van der Waals surface area (Å²) in [5.74, 6) is 0. The van der Waals surface area contributed by atoms with Crippen molar-refractivity contribution in [2.75, 3.05) is 12.1 Å². The van der Waals surface area contributed by atoms with Crippen molar-refractivity contribution in [1.29, 1.82) is 0 Å². The highest BCUT2D eigenvalue weighted by Gasteiger charge is 2.32. The number of rotatable bonds is 3. The van der Waals surface area contributed by atoms with E-state index in [9.17, 15) is 12.9 Å². The van der Waals surface area contributed by atoms with Crippen molar-refractivity contribution in [2.45, 2.75) is 37.3 Å². The maximum atomic E-state index is 13.2. The first kappa shape index (κ1) is 17.5. The van der Waals surface area contributed by atoms with Gasteiger partial charge in [-0.3, -0.25) is 15.4 Å². The third-order valence-electron chi connectivity index (χ3n) is 4.09. The predicted octanol–water partition coefficient (Wildman–Crippen LogP) is 3.37. The number of aromatic nitrogens is 1. The average molecular weight is 364 g/mol. The van der Waals surface area contributed by atoms with Crippen LogP contribution in [0.4, 0.5) is 10.2 Å². The standard InChI is InChI=1S/C17H21FN4O2S/c1-12-9-15-13(10-16(12)25(23,24)17(2,3)4)14(5-6-19-15)20-22-8-7-21(18)11-22/h5-10H,11H2,1-4H3,(H,19,20). The summed E-state index contributed by atoms with van der Waals surface area (Å²) >= 11 is 0. The topological polar surface area (TPSA) is 65.5 Å². The van der Waals surface area contributed by atoms with Crippen LogP contribution >= 0.6 is 0 Å². The Labute approximate surface area is 146 Å². The monoisotopic (exact) mass is 364 g/mol. The van der Waals surface area contributed by atoms with Gasteiger partial charge in [0.15, 0.2) is 9.84 Å². The van der Waals surface area contributed by atoms with Crippen molar-refractivity contribution >= 4 is 26.4 Å². The van der Waals surface area contributed by atoms with E-state index in [0.29, 0.717) is 27.3 Å². The molecule has 0 aliphatic carbocycles. The summed E-state index contributed by atoms with van der Waals surface area (Å²) < 4.78 is 38.1. The molecule has 0 saturated heterocycles. The number of hydrazine groups is 1. The van der Waals surface area contributed by atoms with Crippen LogP contribution in [-0.2, 0) is 9.84 Å². The van der Waals surface area contributed by atoms with E-state index in [-0.39, 0.29) is 11.6 Å². The lowest BCUT2D eigenvalue weighted by atomic mass is 10.1. The fourth-order valence-corrected chi connectivity index (χ4v) is 4.03. The van der Waals surface area contributed by atoms with E-state index < -0.39 is 14.6 Å². The molecule has 0 saturated carbocycles. The van der Waals surface area contributed by atoms with Crippen LogP contribution < -0.4 is 5.43 Å². The van der Waals surface area contributed by atoms with Gasteiger partial charge in [0.1, 0.15) is 6.67 Å². The number of pyridine rings is 1. The molecule has 0 atom stereocenters. The van der Waals surface area contributed by atoms with Gasteiger partial charge in [0.2, 0.25) is 0 Å². The molecule has 0 amide bonds. The fraction of sp³-hybridized carbons (Fsp3) is 0.353. The summed E-state index contributed by atoms with van der Waals surface area (Å²) in [4.78, 5) is 4.61. The molecule has 0 unspecified atom stereocenters. The second-order valence-electron chi connectivity index (χ2n) is 7.03. The number of sulfone groups is 1. The molecule has 6 nitrogen and oxygen atoms in total. The van der Waals surface area contributed by atoms with Gasteiger partial charge >= 0.3 is 0 Å². The minimum absolute atomic E-state index is 0.0445. The van der Waals surface area contributed by atoms with Crippen molar-refractivity contribution < 1.29 is 12.9 Å². The van der Waals surface area contributed by atoms with Crippen LogP contribution in [0.25, 0.3) is 10.9 Å². The second-order valence-corrected chi connectivity index (χ2v) is 9.70. The molecule has 1 aliphatic heterocycles. The first-order valence-electron chi connectivity index (χ1n) is 7.87. The molecule has 3 rings (SSSR count). The molecule has 134 valence electrons. The van der Waals surface area contributed by atoms with Gasteiger partial charge in [0.05, 0.1) is 27.0 Å². The highest BCUT2D eigenvalue weighted by atomic mass is 32.2. The zero-order valence-electron chi connectivity index (χ0n) is 14.6. The largest absolute Gasteiger partial charge is 0.296 e. The van der Waals surface area contributed by atoms with Gasteiger partial charge in [0.25, 0.3) is 0 Å². The van der Waals surface area contributed by atoms with E-state index in [0.717, 1.165) is 0 Å². The molecule has 1 N–H and O–H groups in total. The van der Waals surface area contributed by atoms with E-state index >= 15 is 0 Å². The van der Waals surface area contributed by atoms with Crippen LogP contribution in [0.2, 0.25) is 0 Å². The van der Waals surface area contributed by atoms with Gasteiger partial charge in [-0.2, -0.15) is 5.12 Å². The van der Waals surface area contributed by atoms with Crippen LogP contribution in [-0.4, -0.2) is 34.9 Å². The number of fused-ring (bicyclic) bond motifs is 1. The van der Waals surface area contributed by atoms with E-state index in [1.165, 1.54) is 6.20 Å². The molecular weight excluding hydrogens is 343 g/mol. The Morgan fingerprint density at radius 1 is 1.24 bits per heavy atom. The number of anilines is 1. The minimum atomic E-state index is -3.50. The number of aryl methyl sites for hydroxylation is 1. The molecule has 2 heterocycles. The molecule has 1 aromatic heterocycles. The third kappa shape index (κ3) is 3.13. The van der Waals surface area contributed by atoms with E-state index in [1.54, 1.807) is 63.3 Å². The molecule has 0 radical (unpaired) electrons. The molecule has 1 aliphatic rings. The first-order valence-corrected chi connectivity index (χ1v) is 9.36. The summed E-state index contributed by atoms with van der Waals surface area (Å²) in [6.45, 7) is 6.85. The zero-order chi connectivity index (χ0) is 18.4. The number of nitrogens with one attached hydrogen (secondary N) is 1. The van der Waals surface area contributed by atoms with Gasteiger partial charge in [-0.1, -0.05) is 4.48 Å². The van der Waals surface area contributed by atoms with E-state index in [4.69, 9.17) is 0 Å². The fourth-order valence-electron chi connectivity index (χ4n) is 2.61. The van der Waals surface area contributed by atoms with Crippen molar-refractivity contribution in [3.05, 3.63) is 42.4 Å². The van der Waals surface area contributed by atoms with Crippen LogP contribution in [0.1, 0.15) is 26.3 Å². The van der Waals surface area contributed by atoms with Crippen LogP contribution in [0, 0.1) is 6.92 Å². The number of hydrogen-bond acceptors (Lipinski definition) is 6. The lowest BCUT2D eigenvalue weighted by Crippen LogP contribution is -2.28. The Balaban J connectivity index is 2.12. The smallest absolute Gasteiger partial charge is 0.183 e. The van der Waals surface area contributed by atoms with Crippen LogP contribution in [0.3, 0.4) is 0 Å². The maximum Gasteiger partial charge on any atom is 0.183 e. The Morgan fingerprint density at radius 3 is 2.56 bits per heavy atom. The van der Waals surface area contributed by atoms with Crippen LogP contribution in [0.15, 0.2) is 41.7 Å². The van der Waals surface area contributed by atoms with Crippen molar-refractivity contribution in [1.82, 2.24) is 15.1 Å². The SMILES string of the molecule is Cc1cc2nccc(NN3C=CN(F)C3)c2cc1S(=O)(=O)C(C)(C)C. The van der Waals surface area contributed by atoms with Crippen LogP contribution in [0.5, 0.6) is 0 Å². The Bertz CT molecular complexity index is 951. The lowest BCUT2D eigenvalue weighted by Gasteiger charge is -2.22. The minimum Gasteiger partial charge on any atom is -0.296 e. The van der Waals surface area contributed by atoms with Crippen molar-refractivity contribution in [3.8, 4) is 0 Å². The normalized spacial score (nSPS) is 15.2. The van der Waals surface area contributed by atoms with Crippen molar-refractivity contribution in [3.63, 3.8) is 0 Å². The quantitative estimate of drug-likeness (QED) is 0.843. The highest BCUT2D eigenvalue weighted by molar-refractivity contribution is 7.92. The Morgan fingerprint density at radius 2 is 1.96 bits per heavy atom. The molecule has 1 aromatic carbocycles. The van der Waals surface area contributed by atoms with E-state index in [1.807, 2.05) is 0 Å². The molecule has 8 heteroatoms. The molecular formula is C17H21FN4O2S. The molecule has 0 fully saturated rings. The number of benzene rings is 1. The lowest BCUT2D eigenvalue weighted by molar-refractivity contribution is 0.0688.